The van der Waals surface area contributed by atoms with Gasteiger partial charge in [-0.2, -0.15) is 11.8 Å². The normalized spacial score (nSPS) is 18.9. The van der Waals surface area contributed by atoms with Gasteiger partial charge in [0.2, 0.25) is 0 Å². The lowest BCUT2D eigenvalue weighted by Gasteiger charge is -2.25. The quantitative estimate of drug-likeness (QED) is 0.689. The molecule has 2 heterocycles. The van der Waals surface area contributed by atoms with Crippen molar-refractivity contribution >= 4 is 50.3 Å². The smallest absolute Gasteiger partial charge is 0.127 e. The summed E-state index contributed by atoms with van der Waals surface area (Å²) in [6.45, 7) is 2.01. The summed E-state index contributed by atoms with van der Waals surface area (Å²) in [5.74, 6) is 3.47. The van der Waals surface area contributed by atoms with E-state index in [0.29, 0.717) is 6.04 Å². The number of benzene rings is 1. The lowest BCUT2D eigenvalue weighted by molar-refractivity contribution is 0.464. The van der Waals surface area contributed by atoms with Crippen LogP contribution in [0.2, 0.25) is 0 Å². The second-order valence-electron chi connectivity index (χ2n) is 4.93. The molecule has 1 aliphatic rings. The van der Waals surface area contributed by atoms with E-state index in [1.807, 2.05) is 18.7 Å². The first-order valence-corrected chi connectivity index (χ1v) is 8.94. The first-order valence-electron chi connectivity index (χ1n) is 6.56. The van der Waals surface area contributed by atoms with Gasteiger partial charge in [-0.15, -0.1) is 11.6 Å². The van der Waals surface area contributed by atoms with Crippen molar-refractivity contribution in [3.05, 3.63) is 28.5 Å². The van der Waals surface area contributed by atoms with Gasteiger partial charge in [0.15, 0.2) is 0 Å². The minimum Gasteiger partial charge on any atom is -0.324 e. The predicted molar refractivity (Wildman–Crippen MR) is 87.3 cm³/mol. The van der Waals surface area contributed by atoms with E-state index in [2.05, 4.69) is 38.7 Å². The van der Waals surface area contributed by atoms with Crippen LogP contribution in [0.1, 0.15) is 37.0 Å². The Hall–Kier alpha value is -0.190. The van der Waals surface area contributed by atoms with Crippen molar-refractivity contribution in [1.82, 2.24) is 9.55 Å². The first kappa shape index (κ1) is 13.8. The van der Waals surface area contributed by atoms with E-state index in [0.717, 1.165) is 15.8 Å². The van der Waals surface area contributed by atoms with Crippen LogP contribution in [-0.4, -0.2) is 21.1 Å². The average molecular weight is 360 g/mol. The number of rotatable bonds is 2. The fourth-order valence-electron chi connectivity index (χ4n) is 2.70. The number of hydrogen-bond donors (Lipinski definition) is 0. The summed E-state index contributed by atoms with van der Waals surface area (Å²) < 4.78 is 3.44. The maximum Gasteiger partial charge on any atom is 0.127 e. The van der Waals surface area contributed by atoms with Gasteiger partial charge >= 0.3 is 0 Å². The van der Waals surface area contributed by atoms with Crippen LogP contribution in [0, 0.1) is 0 Å². The minimum atomic E-state index is -0.0549. The molecule has 0 spiro atoms. The number of alkyl halides is 1. The van der Waals surface area contributed by atoms with Gasteiger partial charge in [-0.05, 0) is 49.5 Å². The molecule has 0 radical (unpaired) electrons. The second kappa shape index (κ2) is 5.66. The lowest BCUT2D eigenvalue weighted by atomic mass is 10.1. The predicted octanol–water partition coefficient (Wildman–Crippen LogP) is 5.17. The molecule has 1 aromatic carbocycles. The highest BCUT2D eigenvalue weighted by atomic mass is 79.9. The molecule has 0 N–H and O–H groups in total. The van der Waals surface area contributed by atoms with Gasteiger partial charge in [0.25, 0.3) is 0 Å². The molecular weight excluding hydrogens is 344 g/mol. The summed E-state index contributed by atoms with van der Waals surface area (Å²) in [4.78, 5) is 4.74. The van der Waals surface area contributed by atoms with Crippen molar-refractivity contribution in [2.75, 3.05) is 11.5 Å². The molecule has 1 aromatic heterocycles. The van der Waals surface area contributed by atoms with Gasteiger partial charge in [-0.3, -0.25) is 0 Å². The van der Waals surface area contributed by atoms with Crippen LogP contribution in [0.5, 0.6) is 0 Å². The molecule has 5 heteroatoms. The molecule has 1 fully saturated rings. The van der Waals surface area contributed by atoms with Gasteiger partial charge in [0, 0.05) is 10.5 Å². The molecule has 1 unspecified atom stereocenters. The third kappa shape index (κ3) is 2.67. The molecule has 2 aromatic rings. The summed E-state index contributed by atoms with van der Waals surface area (Å²) in [6, 6.07) is 6.85. The van der Waals surface area contributed by atoms with Crippen LogP contribution in [0.3, 0.4) is 0 Å². The molecule has 1 aliphatic heterocycles. The molecular formula is C14H16BrClN2S. The van der Waals surface area contributed by atoms with E-state index in [1.54, 1.807) is 0 Å². The Kier molecular flexibility index (Phi) is 4.11. The number of thioether (sulfide) groups is 1. The number of aromatic nitrogens is 2. The zero-order valence-electron chi connectivity index (χ0n) is 10.8. The SMILES string of the molecule is CC(Cl)c1nc2cc(Br)ccc2n1C1CCSCC1. The van der Waals surface area contributed by atoms with Gasteiger partial charge in [-0.25, -0.2) is 4.98 Å². The number of hydrogen-bond acceptors (Lipinski definition) is 2. The fraction of sp³-hybridized carbons (Fsp3) is 0.500. The largest absolute Gasteiger partial charge is 0.324 e. The molecule has 19 heavy (non-hydrogen) atoms. The van der Waals surface area contributed by atoms with Gasteiger partial charge in [0.05, 0.1) is 16.4 Å². The van der Waals surface area contributed by atoms with Crippen molar-refractivity contribution in [3.8, 4) is 0 Å². The van der Waals surface area contributed by atoms with Crippen molar-refractivity contribution in [3.63, 3.8) is 0 Å². The first-order chi connectivity index (χ1) is 9.16. The van der Waals surface area contributed by atoms with Crippen LogP contribution >= 0.6 is 39.3 Å². The van der Waals surface area contributed by atoms with Crippen molar-refractivity contribution in [2.45, 2.75) is 31.2 Å². The highest BCUT2D eigenvalue weighted by Crippen LogP contribution is 2.35. The van der Waals surface area contributed by atoms with Crippen LogP contribution in [0.25, 0.3) is 11.0 Å². The molecule has 3 rings (SSSR count). The third-order valence-electron chi connectivity index (χ3n) is 3.59. The second-order valence-corrected chi connectivity index (χ2v) is 7.73. The maximum absolute atomic E-state index is 6.34. The van der Waals surface area contributed by atoms with E-state index < -0.39 is 0 Å². The topological polar surface area (TPSA) is 17.8 Å². The van der Waals surface area contributed by atoms with Crippen LogP contribution < -0.4 is 0 Å². The Labute approximate surface area is 131 Å². The Morgan fingerprint density at radius 2 is 2.16 bits per heavy atom. The minimum absolute atomic E-state index is 0.0549. The van der Waals surface area contributed by atoms with Crippen LogP contribution in [-0.2, 0) is 0 Å². The van der Waals surface area contributed by atoms with Crippen molar-refractivity contribution in [1.29, 1.82) is 0 Å². The number of nitrogens with zero attached hydrogens (tertiary/aromatic N) is 2. The van der Waals surface area contributed by atoms with Gasteiger partial charge in [0.1, 0.15) is 5.82 Å². The zero-order chi connectivity index (χ0) is 13.4. The lowest BCUT2D eigenvalue weighted by Crippen LogP contribution is -2.17. The molecule has 1 saturated heterocycles. The van der Waals surface area contributed by atoms with E-state index in [1.165, 1.54) is 29.9 Å². The zero-order valence-corrected chi connectivity index (χ0v) is 13.9. The van der Waals surface area contributed by atoms with Crippen LogP contribution in [0.4, 0.5) is 0 Å². The average Bonchev–Trinajstić information content (AvgIpc) is 2.78. The molecule has 0 saturated carbocycles. The van der Waals surface area contributed by atoms with Crippen molar-refractivity contribution in [2.24, 2.45) is 0 Å². The monoisotopic (exact) mass is 358 g/mol. The Balaban J connectivity index is 2.15. The standard InChI is InChI=1S/C14H16BrClN2S/c1-9(16)14-17-12-8-10(15)2-3-13(12)18(14)11-4-6-19-7-5-11/h2-3,8-9,11H,4-7H2,1H3. The van der Waals surface area contributed by atoms with E-state index in [-0.39, 0.29) is 5.38 Å². The van der Waals surface area contributed by atoms with Gasteiger partial charge < -0.3 is 4.57 Å². The Morgan fingerprint density at radius 3 is 2.84 bits per heavy atom. The van der Waals surface area contributed by atoms with Crippen LogP contribution in [0.15, 0.2) is 22.7 Å². The van der Waals surface area contributed by atoms with Gasteiger partial charge in [-0.1, -0.05) is 15.9 Å². The Bertz CT molecular complexity index is 590. The highest BCUT2D eigenvalue weighted by Gasteiger charge is 2.23. The molecule has 0 bridgehead atoms. The Morgan fingerprint density at radius 1 is 1.42 bits per heavy atom. The number of halogens is 2. The molecule has 0 aliphatic carbocycles. The summed E-state index contributed by atoms with van der Waals surface area (Å²) >= 11 is 11.9. The summed E-state index contributed by atoms with van der Waals surface area (Å²) in [6.07, 6.45) is 2.42. The van der Waals surface area contributed by atoms with E-state index in [9.17, 15) is 0 Å². The maximum atomic E-state index is 6.34. The van der Waals surface area contributed by atoms with Crippen molar-refractivity contribution < 1.29 is 0 Å². The summed E-state index contributed by atoms with van der Waals surface area (Å²) in [7, 11) is 0. The third-order valence-corrected chi connectivity index (χ3v) is 5.33. The summed E-state index contributed by atoms with van der Waals surface area (Å²) in [5, 5.41) is -0.0549. The fourth-order valence-corrected chi connectivity index (χ4v) is 4.28. The van der Waals surface area contributed by atoms with E-state index in [4.69, 9.17) is 16.6 Å². The molecule has 0 amide bonds. The number of imidazole rings is 1. The number of fused-ring (bicyclic) bond motifs is 1. The van der Waals surface area contributed by atoms with E-state index >= 15 is 0 Å². The molecule has 102 valence electrons. The summed E-state index contributed by atoms with van der Waals surface area (Å²) in [5.41, 5.74) is 2.25. The molecule has 2 nitrogen and oxygen atoms in total. The molecule has 1 atom stereocenters. The highest BCUT2D eigenvalue weighted by molar-refractivity contribution is 9.10.